The molecule has 0 fully saturated rings. The minimum Gasteiger partial charge on any atom is -0.497 e. The number of rotatable bonds is 9. The Kier molecular flexibility index (Phi) is 7.55. The van der Waals surface area contributed by atoms with Gasteiger partial charge in [0.15, 0.2) is 0 Å². The van der Waals surface area contributed by atoms with Crippen LogP contribution in [0.4, 0.5) is 0 Å². The zero-order chi connectivity index (χ0) is 19.2. The summed E-state index contributed by atoms with van der Waals surface area (Å²) in [5.74, 6) is 1.48. The highest BCUT2D eigenvalue weighted by molar-refractivity contribution is 7.89. The molecular weight excluding hydrogens is 366 g/mol. The van der Waals surface area contributed by atoms with Crippen LogP contribution in [0.3, 0.4) is 0 Å². The second-order valence-corrected chi connectivity index (χ2v) is 8.93. The molecule has 0 N–H and O–H groups in total. The quantitative estimate of drug-likeness (QED) is 0.649. The molecule has 0 bridgehead atoms. The van der Waals surface area contributed by atoms with Gasteiger partial charge in [0, 0.05) is 18.3 Å². The molecule has 0 heterocycles. The van der Waals surface area contributed by atoms with Crippen LogP contribution in [0.15, 0.2) is 59.5 Å². The number of hydrogen-bond acceptors (Lipinski definition) is 4. The van der Waals surface area contributed by atoms with E-state index < -0.39 is 10.0 Å². The number of nitrogens with zero attached hydrogens (tertiary/aromatic N) is 1. The van der Waals surface area contributed by atoms with Crippen LogP contribution in [0.1, 0.15) is 25.8 Å². The van der Waals surface area contributed by atoms with E-state index in [1.165, 1.54) is 0 Å². The fourth-order valence-electron chi connectivity index (χ4n) is 2.88. The van der Waals surface area contributed by atoms with Gasteiger partial charge in [-0.1, -0.05) is 44.2 Å². The lowest BCUT2D eigenvalue weighted by Crippen LogP contribution is -2.41. The molecule has 0 aliphatic rings. The summed E-state index contributed by atoms with van der Waals surface area (Å²) in [6.45, 7) is 4.52. The molecule has 0 radical (unpaired) electrons. The molecule has 1 unspecified atom stereocenters. The van der Waals surface area contributed by atoms with Crippen molar-refractivity contribution >= 4 is 22.7 Å². The van der Waals surface area contributed by atoms with Gasteiger partial charge in [-0.2, -0.15) is 16.9 Å². The van der Waals surface area contributed by atoms with Crippen molar-refractivity contribution in [3.05, 3.63) is 60.2 Å². The molecule has 0 aliphatic carbocycles. The lowest BCUT2D eigenvalue weighted by Gasteiger charge is -2.31. The first kappa shape index (κ1) is 20.8. The highest BCUT2D eigenvalue weighted by atomic mass is 32.2. The summed E-state index contributed by atoms with van der Waals surface area (Å²) in [7, 11) is -2.09. The van der Waals surface area contributed by atoms with Crippen molar-refractivity contribution in [1.29, 1.82) is 0 Å². The van der Waals surface area contributed by atoms with Gasteiger partial charge >= 0.3 is 0 Å². The van der Waals surface area contributed by atoms with E-state index in [1.54, 1.807) is 35.7 Å². The molecular formula is C20H27NO3S2. The molecule has 142 valence electrons. The second-order valence-electron chi connectivity index (χ2n) is 6.68. The second kappa shape index (κ2) is 9.44. The molecule has 0 amide bonds. The van der Waals surface area contributed by atoms with E-state index in [0.29, 0.717) is 24.0 Å². The Morgan fingerprint density at radius 1 is 1.04 bits per heavy atom. The molecule has 2 rings (SSSR count). The van der Waals surface area contributed by atoms with Crippen molar-refractivity contribution in [2.75, 3.05) is 12.9 Å². The molecule has 0 saturated heterocycles. The van der Waals surface area contributed by atoms with E-state index >= 15 is 0 Å². The first-order valence-electron chi connectivity index (χ1n) is 8.69. The van der Waals surface area contributed by atoms with Crippen molar-refractivity contribution < 1.29 is 13.2 Å². The van der Waals surface area contributed by atoms with E-state index in [4.69, 9.17) is 4.74 Å². The number of methoxy groups -OCH3 is 1. The summed E-state index contributed by atoms with van der Waals surface area (Å²) < 4.78 is 33.5. The highest BCUT2D eigenvalue weighted by Gasteiger charge is 2.31. The van der Waals surface area contributed by atoms with Crippen molar-refractivity contribution in [2.45, 2.75) is 37.8 Å². The van der Waals surface area contributed by atoms with Gasteiger partial charge in [0.1, 0.15) is 5.75 Å². The summed E-state index contributed by atoms with van der Waals surface area (Å²) in [5.41, 5.74) is 0.958. The Bertz CT molecular complexity index is 774. The van der Waals surface area contributed by atoms with Gasteiger partial charge in [0.25, 0.3) is 0 Å². The lowest BCUT2D eigenvalue weighted by molar-refractivity contribution is 0.296. The van der Waals surface area contributed by atoms with E-state index in [1.807, 2.05) is 30.3 Å². The number of sulfonamides is 1. The molecule has 2 aromatic carbocycles. The molecule has 2 aromatic rings. The van der Waals surface area contributed by atoms with Gasteiger partial charge in [0.05, 0.1) is 12.0 Å². The fraction of sp³-hybridized carbons (Fsp3) is 0.400. The van der Waals surface area contributed by atoms with Crippen LogP contribution in [-0.4, -0.2) is 31.6 Å². The van der Waals surface area contributed by atoms with Crippen LogP contribution in [-0.2, 0) is 16.6 Å². The average Bonchev–Trinajstić information content (AvgIpc) is 2.65. The van der Waals surface area contributed by atoms with Gasteiger partial charge < -0.3 is 4.74 Å². The minimum atomic E-state index is -3.65. The van der Waals surface area contributed by atoms with Crippen LogP contribution < -0.4 is 4.74 Å². The van der Waals surface area contributed by atoms with E-state index in [0.717, 1.165) is 12.0 Å². The third-order valence-electron chi connectivity index (χ3n) is 4.21. The standard InChI is InChI=1S/C20H27NO3S2/c1-16(2)13-18(15-25)21(14-17-7-5-4-6-8-17)26(22,23)20-11-9-19(24-3)10-12-20/h4-12,16,18,25H,13-15H2,1-3H3. The normalized spacial score (nSPS) is 13.2. The third-order valence-corrected chi connectivity index (χ3v) is 6.54. The van der Waals surface area contributed by atoms with E-state index in [-0.39, 0.29) is 10.9 Å². The van der Waals surface area contributed by atoms with Gasteiger partial charge in [0.2, 0.25) is 10.0 Å². The summed E-state index contributed by atoms with van der Waals surface area (Å²) in [6.07, 6.45) is 0.756. The molecule has 0 aromatic heterocycles. The Morgan fingerprint density at radius 2 is 1.65 bits per heavy atom. The van der Waals surface area contributed by atoms with Crippen molar-refractivity contribution in [2.24, 2.45) is 5.92 Å². The molecule has 4 nitrogen and oxygen atoms in total. The van der Waals surface area contributed by atoms with E-state index in [2.05, 4.69) is 26.5 Å². The van der Waals surface area contributed by atoms with Gasteiger partial charge in [-0.25, -0.2) is 8.42 Å². The summed E-state index contributed by atoms with van der Waals surface area (Å²) >= 11 is 4.45. The van der Waals surface area contributed by atoms with Gasteiger partial charge in [-0.05, 0) is 42.2 Å². The predicted molar refractivity (Wildman–Crippen MR) is 109 cm³/mol. The first-order chi connectivity index (χ1) is 12.4. The minimum absolute atomic E-state index is 0.175. The Hall–Kier alpha value is -1.50. The summed E-state index contributed by atoms with van der Waals surface area (Å²) in [6, 6.07) is 16.0. The largest absolute Gasteiger partial charge is 0.497 e. The Morgan fingerprint density at radius 3 is 2.15 bits per heavy atom. The summed E-state index contributed by atoms with van der Waals surface area (Å²) in [4.78, 5) is 0.268. The maximum absolute atomic E-state index is 13.4. The van der Waals surface area contributed by atoms with Crippen molar-refractivity contribution in [1.82, 2.24) is 4.31 Å². The molecule has 0 spiro atoms. The van der Waals surface area contributed by atoms with Crippen LogP contribution in [0.2, 0.25) is 0 Å². The Labute approximate surface area is 162 Å². The topological polar surface area (TPSA) is 46.6 Å². The maximum Gasteiger partial charge on any atom is 0.243 e. The van der Waals surface area contributed by atoms with Crippen LogP contribution in [0, 0.1) is 5.92 Å². The molecule has 0 aliphatic heterocycles. The third kappa shape index (κ3) is 5.25. The average molecular weight is 394 g/mol. The van der Waals surface area contributed by atoms with Gasteiger partial charge in [-0.15, -0.1) is 0 Å². The zero-order valence-corrected chi connectivity index (χ0v) is 17.2. The smallest absolute Gasteiger partial charge is 0.243 e. The van der Waals surface area contributed by atoms with Crippen molar-refractivity contribution in [3.63, 3.8) is 0 Å². The van der Waals surface area contributed by atoms with Gasteiger partial charge in [-0.3, -0.25) is 0 Å². The maximum atomic E-state index is 13.4. The molecule has 26 heavy (non-hydrogen) atoms. The molecule has 1 atom stereocenters. The zero-order valence-electron chi connectivity index (χ0n) is 15.5. The van der Waals surface area contributed by atoms with Crippen LogP contribution in [0.5, 0.6) is 5.75 Å². The predicted octanol–water partition coefficient (Wildman–Crippen LogP) is 4.23. The van der Waals surface area contributed by atoms with E-state index in [9.17, 15) is 8.42 Å². The van der Waals surface area contributed by atoms with Crippen LogP contribution in [0.25, 0.3) is 0 Å². The number of ether oxygens (including phenoxy) is 1. The highest BCUT2D eigenvalue weighted by Crippen LogP contribution is 2.26. The fourth-order valence-corrected chi connectivity index (χ4v) is 4.96. The monoisotopic (exact) mass is 393 g/mol. The number of benzene rings is 2. The molecule has 6 heteroatoms. The SMILES string of the molecule is COc1ccc(S(=O)(=O)N(Cc2ccccc2)C(CS)CC(C)C)cc1. The molecule has 0 saturated carbocycles. The Balaban J connectivity index is 2.42. The van der Waals surface area contributed by atoms with Crippen LogP contribution >= 0.6 is 12.6 Å². The number of thiol groups is 1. The lowest BCUT2D eigenvalue weighted by atomic mass is 10.0. The number of hydrogen-bond donors (Lipinski definition) is 1. The summed E-state index contributed by atoms with van der Waals surface area (Å²) in [5, 5.41) is 0. The first-order valence-corrected chi connectivity index (χ1v) is 10.8. The van der Waals surface area contributed by atoms with Crippen molar-refractivity contribution in [3.8, 4) is 5.75 Å².